The number of aromatic nitrogens is 2. The van der Waals surface area contributed by atoms with Gasteiger partial charge in [0.1, 0.15) is 5.76 Å². The Kier molecular flexibility index (Phi) is 2.87. The fraction of sp³-hybridized carbons (Fsp3) is 0.364. The summed E-state index contributed by atoms with van der Waals surface area (Å²) in [5.41, 5.74) is 1.26. The molecule has 0 aromatic carbocycles. The third-order valence-corrected chi connectivity index (χ3v) is 2.17. The van der Waals surface area contributed by atoms with E-state index in [-0.39, 0.29) is 0 Å². The molecule has 2 rings (SSSR count). The van der Waals surface area contributed by atoms with Gasteiger partial charge in [-0.05, 0) is 18.6 Å². The van der Waals surface area contributed by atoms with Crippen LogP contribution in [-0.2, 0) is 20.1 Å². The van der Waals surface area contributed by atoms with Gasteiger partial charge in [-0.2, -0.15) is 0 Å². The van der Waals surface area contributed by atoms with Crippen molar-refractivity contribution >= 4 is 0 Å². The molecule has 80 valence electrons. The van der Waals surface area contributed by atoms with Crippen LogP contribution in [0.4, 0.5) is 0 Å². The van der Waals surface area contributed by atoms with Crippen molar-refractivity contribution in [2.75, 3.05) is 0 Å². The van der Waals surface area contributed by atoms with Gasteiger partial charge in [-0.25, -0.2) is 4.98 Å². The monoisotopic (exact) mass is 205 g/mol. The Hall–Kier alpha value is -1.55. The van der Waals surface area contributed by atoms with Crippen LogP contribution in [0.1, 0.15) is 17.2 Å². The predicted octanol–water partition coefficient (Wildman–Crippen LogP) is 1.61. The van der Waals surface area contributed by atoms with Crippen LogP contribution >= 0.6 is 0 Å². The van der Waals surface area contributed by atoms with Gasteiger partial charge >= 0.3 is 0 Å². The Balaban J connectivity index is 1.80. The average Bonchev–Trinajstić information content (AvgIpc) is 2.76. The molecule has 0 aliphatic rings. The lowest BCUT2D eigenvalue weighted by Crippen LogP contribution is -2.12. The SMILES string of the molecule is Cc1cnc(CNCc2ccn(C)c2)o1. The quantitative estimate of drug-likeness (QED) is 0.824. The average molecular weight is 205 g/mol. The van der Waals surface area contributed by atoms with Gasteiger partial charge in [0, 0.05) is 26.0 Å². The number of oxazole rings is 1. The highest BCUT2D eigenvalue weighted by Crippen LogP contribution is 2.02. The maximum Gasteiger partial charge on any atom is 0.208 e. The molecule has 2 aromatic heterocycles. The van der Waals surface area contributed by atoms with E-state index in [0.29, 0.717) is 6.54 Å². The van der Waals surface area contributed by atoms with Crippen molar-refractivity contribution in [2.24, 2.45) is 7.05 Å². The van der Waals surface area contributed by atoms with E-state index in [9.17, 15) is 0 Å². The van der Waals surface area contributed by atoms with E-state index in [0.717, 1.165) is 18.2 Å². The largest absolute Gasteiger partial charge is 0.445 e. The highest BCUT2D eigenvalue weighted by molar-refractivity contribution is 5.09. The lowest BCUT2D eigenvalue weighted by Gasteiger charge is -1.99. The number of rotatable bonds is 4. The molecule has 0 amide bonds. The van der Waals surface area contributed by atoms with E-state index >= 15 is 0 Å². The standard InChI is InChI=1S/C11H15N3O/c1-9-5-13-11(15-9)7-12-6-10-3-4-14(2)8-10/h3-5,8,12H,6-7H2,1-2H3. The molecule has 2 aromatic rings. The summed E-state index contributed by atoms with van der Waals surface area (Å²) < 4.78 is 7.38. The molecule has 0 radical (unpaired) electrons. The summed E-state index contributed by atoms with van der Waals surface area (Å²) in [6, 6.07) is 2.09. The highest BCUT2D eigenvalue weighted by atomic mass is 16.4. The lowest BCUT2D eigenvalue weighted by atomic mass is 10.3. The van der Waals surface area contributed by atoms with Crippen LogP contribution in [0.3, 0.4) is 0 Å². The van der Waals surface area contributed by atoms with Crippen molar-refractivity contribution in [1.82, 2.24) is 14.9 Å². The third kappa shape index (κ3) is 2.70. The van der Waals surface area contributed by atoms with Crippen LogP contribution < -0.4 is 5.32 Å². The van der Waals surface area contributed by atoms with E-state index in [1.54, 1.807) is 6.20 Å². The molecule has 0 fully saturated rings. The van der Waals surface area contributed by atoms with Gasteiger partial charge in [-0.3, -0.25) is 0 Å². The first-order valence-corrected chi connectivity index (χ1v) is 4.97. The van der Waals surface area contributed by atoms with Crippen molar-refractivity contribution in [2.45, 2.75) is 20.0 Å². The van der Waals surface area contributed by atoms with Crippen LogP contribution in [0.2, 0.25) is 0 Å². The molecule has 0 bridgehead atoms. The maximum atomic E-state index is 5.35. The topological polar surface area (TPSA) is 43.0 Å². The first-order chi connectivity index (χ1) is 7.24. The number of hydrogen-bond acceptors (Lipinski definition) is 3. The molecule has 0 saturated carbocycles. The summed E-state index contributed by atoms with van der Waals surface area (Å²) in [5, 5.41) is 3.28. The Morgan fingerprint density at radius 2 is 2.33 bits per heavy atom. The first-order valence-electron chi connectivity index (χ1n) is 4.97. The van der Waals surface area contributed by atoms with Gasteiger partial charge in [0.2, 0.25) is 5.89 Å². The van der Waals surface area contributed by atoms with Crippen LogP contribution in [0.5, 0.6) is 0 Å². The van der Waals surface area contributed by atoms with Gasteiger partial charge in [-0.15, -0.1) is 0 Å². The van der Waals surface area contributed by atoms with Crippen molar-refractivity contribution < 1.29 is 4.42 Å². The van der Waals surface area contributed by atoms with Crippen molar-refractivity contribution in [1.29, 1.82) is 0 Å². The molecule has 2 heterocycles. The van der Waals surface area contributed by atoms with E-state index in [2.05, 4.69) is 22.6 Å². The second-order valence-corrected chi connectivity index (χ2v) is 3.65. The highest BCUT2D eigenvalue weighted by Gasteiger charge is 2.00. The third-order valence-electron chi connectivity index (χ3n) is 2.17. The van der Waals surface area contributed by atoms with E-state index in [1.165, 1.54) is 5.56 Å². The maximum absolute atomic E-state index is 5.35. The Labute approximate surface area is 88.9 Å². The molecule has 0 unspecified atom stereocenters. The van der Waals surface area contributed by atoms with Crippen molar-refractivity contribution in [3.8, 4) is 0 Å². The summed E-state index contributed by atoms with van der Waals surface area (Å²) in [6.45, 7) is 3.40. The van der Waals surface area contributed by atoms with Crippen molar-refractivity contribution in [3.63, 3.8) is 0 Å². The minimum absolute atomic E-state index is 0.669. The number of aryl methyl sites for hydroxylation is 2. The van der Waals surface area contributed by atoms with Crippen LogP contribution in [0.25, 0.3) is 0 Å². The number of hydrogen-bond donors (Lipinski definition) is 1. The van der Waals surface area contributed by atoms with E-state index in [1.807, 2.05) is 24.7 Å². The fourth-order valence-corrected chi connectivity index (χ4v) is 1.46. The number of nitrogens with one attached hydrogen (secondary N) is 1. The van der Waals surface area contributed by atoms with E-state index in [4.69, 9.17) is 4.42 Å². The number of nitrogens with zero attached hydrogens (tertiary/aromatic N) is 2. The predicted molar refractivity (Wildman–Crippen MR) is 57.2 cm³/mol. The zero-order chi connectivity index (χ0) is 10.7. The first kappa shape index (κ1) is 9.98. The molecule has 4 nitrogen and oxygen atoms in total. The molecule has 0 saturated heterocycles. The molecule has 0 aliphatic carbocycles. The fourth-order valence-electron chi connectivity index (χ4n) is 1.46. The zero-order valence-corrected chi connectivity index (χ0v) is 9.03. The zero-order valence-electron chi connectivity index (χ0n) is 9.03. The molecule has 0 spiro atoms. The second-order valence-electron chi connectivity index (χ2n) is 3.65. The molecular weight excluding hydrogens is 190 g/mol. The van der Waals surface area contributed by atoms with Gasteiger partial charge in [0.15, 0.2) is 0 Å². The van der Waals surface area contributed by atoms with Gasteiger partial charge in [0.05, 0.1) is 12.7 Å². The molecule has 0 atom stereocenters. The summed E-state index contributed by atoms with van der Waals surface area (Å²) >= 11 is 0. The Morgan fingerprint density at radius 1 is 1.47 bits per heavy atom. The summed E-state index contributed by atoms with van der Waals surface area (Å²) in [4.78, 5) is 4.12. The van der Waals surface area contributed by atoms with Gasteiger partial charge in [-0.1, -0.05) is 0 Å². The molecule has 15 heavy (non-hydrogen) atoms. The van der Waals surface area contributed by atoms with E-state index < -0.39 is 0 Å². The smallest absolute Gasteiger partial charge is 0.208 e. The summed E-state index contributed by atoms with van der Waals surface area (Å²) in [7, 11) is 2.01. The molecule has 0 aliphatic heterocycles. The second kappa shape index (κ2) is 4.31. The summed E-state index contributed by atoms with van der Waals surface area (Å²) in [5.74, 6) is 1.59. The minimum Gasteiger partial charge on any atom is -0.445 e. The molecule has 1 N–H and O–H groups in total. The normalized spacial score (nSPS) is 10.8. The van der Waals surface area contributed by atoms with Crippen LogP contribution in [-0.4, -0.2) is 9.55 Å². The van der Waals surface area contributed by atoms with Crippen LogP contribution in [0.15, 0.2) is 29.1 Å². The van der Waals surface area contributed by atoms with Gasteiger partial charge < -0.3 is 14.3 Å². The van der Waals surface area contributed by atoms with Gasteiger partial charge in [0.25, 0.3) is 0 Å². The van der Waals surface area contributed by atoms with Crippen molar-refractivity contribution in [3.05, 3.63) is 41.9 Å². The molecular formula is C11H15N3O. The summed E-state index contributed by atoms with van der Waals surface area (Å²) in [6.07, 6.45) is 5.86. The van der Waals surface area contributed by atoms with Crippen LogP contribution in [0, 0.1) is 6.92 Å². The Morgan fingerprint density at radius 3 is 2.93 bits per heavy atom. The minimum atomic E-state index is 0.669. The molecule has 4 heteroatoms. The lowest BCUT2D eigenvalue weighted by molar-refractivity contribution is 0.449. The Bertz CT molecular complexity index is 390.